The number of ether oxygens (including phenoxy) is 1. The molecule has 0 aliphatic carbocycles. The number of amides is 1. The van der Waals surface area contributed by atoms with Crippen molar-refractivity contribution in [2.24, 2.45) is 5.92 Å². The lowest BCUT2D eigenvalue weighted by Gasteiger charge is -2.08. The number of carbonyl (C=O) groups excluding carboxylic acids is 1. The predicted molar refractivity (Wildman–Crippen MR) is 67.0 cm³/mol. The Labute approximate surface area is 107 Å². The third kappa shape index (κ3) is 4.14. The molecule has 8 heteroatoms. The summed E-state index contributed by atoms with van der Waals surface area (Å²) in [6.07, 6.45) is 1.03. The molecular weight excluding hydrogens is 260 g/mol. The lowest BCUT2D eigenvalue weighted by molar-refractivity contribution is -0.118. The first-order chi connectivity index (χ1) is 8.24. The molecule has 2 heterocycles. The number of rotatable bonds is 5. The Balaban J connectivity index is 1.63. The lowest BCUT2D eigenvalue weighted by Crippen LogP contribution is -2.30. The third-order valence-electron chi connectivity index (χ3n) is 2.36. The first kappa shape index (κ1) is 12.6. The van der Waals surface area contributed by atoms with Crippen LogP contribution in [-0.2, 0) is 9.53 Å². The van der Waals surface area contributed by atoms with E-state index in [4.69, 9.17) is 10.5 Å². The molecule has 1 fully saturated rings. The molecule has 1 aromatic rings. The van der Waals surface area contributed by atoms with Gasteiger partial charge < -0.3 is 15.8 Å². The summed E-state index contributed by atoms with van der Waals surface area (Å²) in [5.74, 6) is 0.819. The molecule has 6 nitrogen and oxygen atoms in total. The quantitative estimate of drug-likeness (QED) is 0.754. The van der Waals surface area contributed by atoms with Crippen LogP contribution in [0.15, 0.2) is 4.34 Å². The first-order valence-corrected chi connectivity index (χ1v) is 7.10. The molecule has 0 unspecified atom stereocenters. The summed E-state index contributed by atoms with van der Waals surface area (Å²) in [6, 6.07) is 0. The van der Waals surface area contributed by atoms with Crippen LogP contribution in [0.1, 0.15) is 6.42 Å². The number of nitrogens with two attached hydrogens (primary N) is 1. The van der Waals surface area contributed by atoms with Gasteiger partial charge in [0.25, 0.3) is 0 Å². The van der Waals surface area contributed by atoms with E-state index < -0.39 is 0 Å². The highest BCUT2D eigenvalue weighted by atomic mass is 32.2. The molecule has 0 aromatic carbocycles. The van der Waals surface area contributed by atoms with Gasteiger partial charge in [-0.2, -0.15) is 0 Å². The molecule has 0 spiro atoms. The second kappa shape index (κ2) is 6.18. The van der Waals surface area contributed by atoms with E-state index in [0.29, 0.717) is 23.3 Å². The van der Waals surface area contributed by atoms with Gasteiger partial charge >= 0.3 is 0 Å². The molecular formula is C9H14N4O2S2. The van der Waals surface area contributed by atoms with Crippen molar-refractivity contribution in [2.45, 2.75) is 10.8 Å². The van der Waals surface area contributed by atoms with Gasteiger partial charge in [-0.05, 0) is 6.42 Å². The lowest BCUT2D eigenvalue weighted by atomic mass is 10.1. The van der Waals surface area contributed by atoms with Gasteiger partial charge in [-0.1, -0.05) is 23.1 Å². The number of hydrogen-bond acceptors (Lipinski definition) is 7. The molecule has 1 aliphatic heterocycles. The Morgan fingerprint density at radius 3 is 3.18 bits per heavy atom. The number of anilines is 1. The van der Waals surface area contributed by atoms with E-state index in [1.54, 1.807) is 0 Å². The highest BCUT2D eigenvalue weighted by Crippen LogP contribution is 2.23. The Morgan fingerprint density at radius 2 is 2.53 bits per heavy atom. The van der Waals surface area contributed by atoms with Crippen molar-refractivity contribution in [3.8, 4) is 0 Å². The van der Waals surface area contributed by atoms with Gasteiger partial charge in [0.15, 0.2) is 4.34 Å². The van der Waals surface area contributed by atoms with Crippen molar-refractivity contribution in [3.05, 3.63) is 0 Å². The van der Waals surface area contributed by atoms with Crippen molar-refractivity contribution in [1.82, 2.24) is 15.5 Å². The molecule has 1 aliphatic rings. The predicted octanol–water partition coefficient (Wildman–Crippen LogP) is 0.365. The Bertz CT molecular complexity index is 379. The van der Waals surface area contributed by atoms with Crippen LogP contribution in [0, 0.1) is 5.92 Å². The zero-order valence-electron chi connectivity index (χ0n) is 9.22. The summed E-state index contributed by atoms with van der Waals surface area (Å²) in [5, 5.41) is 10.8. The summed E-state index contributed by atoms with van der Waals surface area (Å²) in [6.45, 7) is 2.25. The van der Waals surface area contributed by atoms with Crippen molar-refractivity contribution in [2.75, 3.05) is 31.2 Å². The molecule has 1 saturated heterocycles. The van der Waals surface area contributed by atoms with Crippen LogP contribution in [0.25, 0.3) is 0 Å². The van der Waals surface area contributed by atoms with Gasteiger partial charge in [0.2, 0.25) is 11.0 Å². The van der Waals surface area contributed by atoms with Crippen LogP contribution in [0.3, 0.4) is 0 Å². The summed E-state index contributed by atoms with van der Waals surface area (Å²) < 4.78 is 5.96. The standard InChI is InChI=1S/C9H14N4O2S2/c10-8-12-13-9(17-8)16-5-7(14)11-3-6-1-2-15-4-6/h6H,1-5H2,(H2,10,12)(H,11,14)/t6-/m0/s1. The molecule has 2 rings (SSSR count). The largest absolute Gasteiger partial charge is 0.381 e. The maximum absolute atomic E-state index is 11.5. The van der Waals surface area contributed by atoms with E-state index in [9.17, 15) is 4.79 Å². The van der Waals surface area contributed by atoms with E-state index in [0.717, 1.165) is 24.0 Å². The van der Waals surface area contributed by atoms with Gasteiger partial charge in [-0.3, -0.25) is 4.79 Å². The molecule has 1 aromatic heterocycles. The average Bonchev–Trinajstić information content (AvgIpc) is 2.95. The summed E-state index contributed by atoms with van der Waals surface area (Å²) in [5.41, 5.74) is 5.44. The van der Waals surface area contributed by atoms with Crippen LogP contribution in [0.2, 0.25) is 0 Å². The highest BCUT2D eigenvalue weighted by molar-refractivity contribution is 8.01. The van der Waals surface area contributed by atoms with Crippen molar-refractivity contribution in [3.63, 3.8) is 0 Å². The number of aromatic nitrogens is 2. The van der Waals surface area contributed by atoms with E-state index in [1.807, 2.05) is 0 Å². The summed E-state index contributed by atoms with van der Waals surface area (Å²) in [7, 11) is 0. The Hall–Kier alpha value is -0.860. The fourth-order valence-electron chi connectivity index (χ4n) is 1.46. The topological polar surface area (TPSA) is 90.1 Å². The number of nitrogen functional groups attached to an aromatic ring is 1. The van der Waals surface area contributed by atoms with Crippen LogP contribution < -0.4 is 11.1 Å². The van der Waals surface area contributed by atoms with Gasteiger partial charge in [0, 0.05) is 19.1 Å². The van der Waals surface area contributed by atoms with Gasteiger partial charge in [0.1, 0.15) is 0 Å². The first-order valence-electron chi connectivity index (χ1n) is 5.30. The monoisotopic (exact) mass is 274 g/mol. The average molecular weight is 274 g/mol. The molecule has 1 atom stereocenters. The van der Waals surface area contributed by atoms with Gasteiger partial charge in [0.05, 0.1) is 12.4 Å². The normalized spacial score (nSPS) is 19.4. The zero-order valence-corrected chi connectivity index (χ0v) is 10.9. The van der Waals surface area contributed by atoms with Gasteiger partial charge in [-0.15, -0.1) is 10.2 Å². The SMILES string of the molecule is Nc1nnc(SCC(=O)NC[C@@H]2CCOC2)s1. The second-order valence-corrected chi connectivity index (χ2v) is 5.96. The minimum Gasteiger partial charge on any atom is -0.381 e. The fraction of sp³-hybridized carbons (Fsp3) is 0.667. The number of thioether (sulfide) groups is 1. The summed E-state index contributed by atoms with van der Waals surface area (Å²) in [4.78, 5) is 11.5. The number of nitrogens with zero attached hydrogens (tertiary/aromatic N) is 2. The maximum Gasteiger partial charge on any atom is 0.230 e. The smallest absolute Gasteiger partial charge is 0.230 e. The van der Waals surface area contributed by atoms with E-state index in [1.165, 1.54) is 23.1 Å². The van der Waals surface area contributed by atoms with Crippen molar-refractivity contribution < 1.29 is 9.53 Å². The molecule has 1 amide bonds. The molecule has 94 valence electrons. The Morgan fingerprint density at radius 1 is 1.65 bits per heavy atom. The number of carbonyl (C=O) groups is 1. The van der Waals surface area contributed by atoms with E-state index >= 15 is 0 Å². The fourth-order valence-corrected chi connectivity index (χ4v) is 2.93. The maximum atomic E-state index is 11.5. The Kier molecular flexibility index (Phi) is 4.57. The highest BCUT2D eigenvalue weighted by Gasteiger charge is 2.16. The van der Waals surface area contributed by atoms with Crippen LogP contribution in [0.5, 0.6) is 0 Å². The zero-order chi connectivity index (χ0) is 12.1. The number of nitrogens with one attached hydrogen (secondary N) is 1. The third-order valence-corrected chi connectivity index (χ3v) is 4.25. The van der Waals surface area contributed by atoms with Crippen LogP contribution in [-0.4, -0.2) is 41.6 Å². The molecule has 0 saturated carbocycles. The van der Waals surface area contributed by atoms with E-state index in [2.05, 4.69) is 15.5 Å². The van der Waals surface area contributed by atoms with Crippen LogP contribution >= 0.6 is 23.1 Å². The number of hydrogen-bond donors (Lipinski definition) is 2. The molecule has 3 N–H and O–H groups in total. The van der Waals surface area contributed by atoms with Gasteiger partial charge in [-0.25, -0.2) is 0 Å². The second-order valence-electron chi connectivity index (χ2n) is 3.73. The minimum atomic E-state index is 0.00988. The molecule has 0 bridgehead atoms. The molecule has 17 heavy (non-hydrogen) atoms. The van der Waals surface area contributed by atoms with E-state index in [-0.39, 0.29) is 5.91 Å². The van der Waals surface area contributed by atoms with Crippen molar-refractivity contribution >= 4 is 34.1 Å². The minimum absolute atomic E-state index is 0.00988. The van der Waals surface area contributed by atoms with Crippen LogP contribution in [0.4, 0.5) is 5.13 Å². The summed E-state index contributed by atoms with van der Waals surface area (Å²) >= 11 is 2.65. The van der Waals surface area contributed by atoms with Crippen molar-refractivity contribution in [1.29, 1.82) is 0 Å². The molecule has 0 radical (unpaired) electrons.